The predicted molar refractivity (Wildman–Crippen MR) is 90.6 cm³/mol. The third-order valence-electron chi connectivity index (χ3n) is 4.43. The van der Waals surface area contributed by atoms with Crippen molar-refractivity contribution in [3.8, 4) is 0 Å². The highest BCUT2D eigenvalue weighted by Gasteiger charge is 2.39. The van der Waals surface area contributed by atoms with Crippen molar-refractivity contribution < 1.29 is 14.4 Å². The van der Waals surface area contributed by atoms with Gasteiger partial charge in [0.15, 0.2) is 0 Å². The molecule has 5 heteroatoms. The number of unbranched alkanes of at least 4 members (excludes halogenated alkanes) is 2. The summed E-state index contributed by atoms with van der Waals surface area (Å²) in [5.74, 6) is 0.503. The van der Waals surface area contributed by atoms with Crippen LogP contribution in [0.5, 0.6) is 0 Å². The molecule has 0 aliphatic carbocycles. The van der Waals surface area contributed by atoms with Crippen LogP contribution in [0, 0.1) is 17.8 Å². The number of imide groups is 1. The van der Waals surface area contributed by atoms with E-state index in [4.69, 9.17) is 0 Å². The van der Waals surface area contributed by atoms with Gasteiger partial charge in [-0.1, -0.05) is 47.0 Å². The minimum Gasteiger partial charge on any atom is -0.354 e. The largest absolute Gasteiger partial charge is 0.354 e. The molecule has 3 amide bonds. The van der Waals surface area contributed by atoms with Gasteiger partial charge in [0.05, 0.1) is 0 Å². The van der Waals surface area contributed by atoms with Gasteiger partial charge in [0.2, 0.25) is 17.7 Å². The molecular weight excluding hydrogens is 292 g/mol. The van der Waals surface area contributed by atoms with E-state index in [-0.39, 0.29) is 29.6 Å². The number of nitrogens with one attached hydrogen (secondary N) is 1. The summed E-state index contributed by atoms with van der Waals surface area (Å²) < 4.78 is 0. The van der Waals surface area contributed by atoms with E-state index < -0.39 is 0 Å². The van der Waals surface area contributed by atoms with E-state index in [1.54, 1.807) is 0 Å². The lowest BCUT2D eigenvalue weighted by Crippen LogP contribution is -2.38. The molecule has 0 spiro atoms. The van der Waals surface area contributed by atoms with Crippen molar-refractivity contribution in [1.29, 1.82) is 0 Å². The highest BCUT2D eigenvalue weighted by Crippen LogP contribution is 2.25. The molecule has 23 heavy (non-hydrogen) atoms. The second-order valence-electron chi connectivity index (χ2n) is 7.28. The first-order chi connectivity index (χ1) is 10.8. The average molecular weight is 324 g/mol. The molecule has 1 aliphatic rings. The monoisotopic (exact) mass is 324 g/mol. The molecule has 0 aromatic carbocycles. The second kappa shape index (κ2) is 9.68. The van der Waals surface area contributed by atoms with Crippen LogP contribution in [-0.2, 0) is 14.4 Å². The van der Waals surface area contributed by atoms with E-state index in [9.17, 15) is 14.4 Å². The molecule has 0 saturated carbocycles. The van der Waals surface area contributed by atoms with Gasteiger partial charge in [-0.2, -0.15) is 0 Å². The molecule has 1 aliphatic heterocycles. The summed E-state index contributed by atoms with van der Waals surface area (Å²) >= 11 is 0. The first-order valence-corrected chi connectivity index (χ1v) is 8.93. The molecule has 1 atom stereocenters. The first kappa shape index (κ1) is 19.7. The summed E-state index contributed by atoms with van der Waals surface area (Å²) in [6, 6.07) is 0. The molecule has 5 nitrogen and oxygen atoms in total. The maximum absolute atomic E-state index is 12.1. The summed E-state index contributed by atoms with van der Waals surface area (Å²) in [5.41, 5.74) is 0. The van der Waals surface area contributed by atoms with E-state index in [1.165, 1.54) is 11.3 Å². The molecule has 1 N–H and O–H groups in total. The molecule has 0 bridgehead atoms. The summed E-state index contributed by atoms with van der Waals surface area (Å²) in [5, 5.41) is 2.81. The summed E-state index contributed by atoms with van der Waals surface area (Å²) in [6.07, 6.45) is 5.17. The van der Waals surface area contributed by atoms with Gasteiger partial charge in [-0.25, -0.2) is 0 Å². The fraction of sp³-hybridized carbons (Fsp3) is 0.833. The molecule has 132 valence electrons. The van der Waals surface area contributed by atoms with Crippen molar-refractivity contribution in [3.63, 3.8) is 0 Å². The van der Waals surface area contributed by atoms with Crippen molar-refractivity contribution in [2.24, 2.45) is 17.8 Å². The number of nitrogens with zero attached hydrogens (tertiary/aromatic N) is 1. The molecule has 0 radical (unpaired) electrons. The Kier molecular flexibility index (Phi) is 8.28. The van der Waals surface area contributed by atoms with Crippen molar-refractivity contribution in [2.75, 3.05) is 13.1 Å². The van der Waals surface area contributed by atoms with E-state index >= 15 is 0 Å². The van der Waals surface area contributed by atoms with Crippen LogP contribution in [-0.4, -0.2) is 35.7 Å². The van der Waals surface area contributed by atoms with Crippen LogP contribution in [0.15, 0.2) is 0 Å². The lowest BCUT2D eigenvalue weighted by Gasteiger charge is -2.16. The normalized spacial score (nSPS) is 18.3. The predicted octanol–water partition coefficient (Wildman–Crippen LogP) is 2.74. The van der Waals surface area contributed by atoms with Crippen LogP contribution >= 0.6 is 0 Å². The lowest BCUT2D eigenvalue weighted by atomic mass is 9.94. The van der Waals surface area contributed by atoms with Gasteiger partial charge in [0.25, 0.3) is 0 Å². The van der Waals surface area contributed by atoms with Gasteiger partial charge in [-0.3, -0.25) is 19.3 Å². The Bertz CT molecular complexity index is 418. The molecule has 1 saturated heterocycles. The number of rotatable bonds is 10. The molecule has 0 aromatic rings. The smallest absolute Gasteiger partial charge is 0.233 e. The van der Waals surface area contributed by atoms with Gasteiger partial charge >= 0.3 is 0 Å². The Morgan fingerprint density at radius 2 is 1.87 bits per heavy atom. The Balaban J connectivity index is 2.17. The third-order valence-corrected chi connectivity index (χ3v) is 4.43. The molecule has 1 heterocycles. The molecule has 0 aromatic heterocycles. The van der Waals surface area contributed by atoms with Crippen LogP contribution in [0.4, 0.5) is 0 Å². The fourth-order valence-electron chi connectivity index (χ4n) is 2.87. The Hall–Kier alpha value is -1.39. The Morgan fingerprint density at radius 3 is 2.43 bits per heavy atom. The minimum atomic E-state index is -0.195. The van der Waals surface area contributed by atoms with Crippen molar-refractivity contribution >= 4 is 17.7 Å². The van der Waals surface area contributed by atoms with Crippen molar-refractivity contribution in [1.82, 2.24) is 10.2 Å². The van der Waals surface area contributed by atoms with Crippen LogP contribution in [0.25, 0.3) is 0 Å². The van der Waals surface area contributed by atoms with Crippen LogP contribution in [0.1, 0.15) is 66.2 Å². The van der Waals surface area contributed by atoms with E-state index in [1.807, 2.05) is 13.8 Å². The number of hydrogen-bond donors (Lipinski definition) is 1. The van der Waals surface area contributed by atoms with Crippen LogP contribution in [0.3, 0.4) is 0 Å². The molecular formula is C18H32N2O3. The van der Waals surface area contributed by atoms with E-state index in [0.29, 0.717) is 31.8 Å². The molecule has 1 fully saturated rings. The van der Waals surface area contributed by atoms with Crippen molar-refractivity contribution in [3.05, 3.63) is 0 Å². The Morgan fingerprint density at radius 1 is 1.17 bits per heavy atom. The van der Waals surface area contributed by atoms with Gasteiger partial charge in [-0.05, 0) is 18.3 Å². The van der Waals surface area contributed by atoms with Crippen molar-refractivity contribution in [2.45, 2.75) is 66.2 Å². The fourth-order valence-corrected chi connectivity index (χ4v) is 2.87. The quantitative estimate of drug-likeness (QED) is 0.496. The van der Waals surface area contributed by atoms with E-state index in [0.717, 1.165) is 19.3 Å². The molecule has 1 rings (SSSR count). The number of hydrogen-bond acceptors (Lipinski definition) is 3. The first-order valence-electron chi connectivity index (χ1n) is 8.93. The summed E-state index contributed by atoms with van der Waals surface area (Å²) in [4.78, 5) is 37.0. The van der Waals surface area contributed by atoms with Gasteiger partial charge in [0, 0.05) is 31.8 Å². The van der Waals surface area contributed by atoms with Gasteiger partial charge in [-0.15, -0.1) is 0 Å². The molecule has 1 unspecified atom stereocenters. The second-order valence-corrected chi connectivity index (χ2v) is 7.28. The summed E-state index contributed by atoms with van der Waals surface area (Å²) in [6.45, 7) is 8.98. The lowest BCUT2D eigenvalue weighted by molar-refractivity contribution is -0.140. The van der Waals surface area contributed by atoms with Gasteiger partial charge < -0.3 is 5.32 Å². The standard InChI is InChI=1S/C18H32N2O3/c1-13(2)8-6-5-7-9-16(21)19-10-11-20-17(22)12-15(14(3)4)18(20)23/h13-15H,5-12H2,1-4H3,(H,19,21). The SMILES string of the molecule is CC(C)CCCCCC(=O)NCCN1C(=O)CC(C(C)C)C1=O. The van der Waals surface area contributed by atoms with Crippen LogP contribution in [0.2, 0.25) is 0 Å². The maximum atomic E-state index is 12.1. The highest BCUT2D eigenvalue weighted by atomic mass is 16.2. The van der Waals surface area contributed by atoms with Gasteiger partial charge in [0.1, 0.15) is 0 Å². The Labute approximate surface area is 140 Å². The number of carbonyl (C=O) groups excluding carboxylic acids is 3. The van der Waals surface area contributed by atoms with Crippen LogP contribution < -0.4 is 5.32 Å². The number of carbonyl (C=O) groups is 3. The average Bonchev–Trinajstić information content (AvgIpc) is 2.74. The zero-order valence-electron chi connectivity index (χ0n) is 15.1. The zero-order valence-corrected chi connectivity index (χ0v) is 15.1. The summed E-state index contributed by atoms with van der Waals surface area (Å²) in [7, 11) is 0. The maximum Gasteiger partial charge on any atom is 0.233 e. The highest BCUT2D eigenvalue weighted by molar-refractivity contribution is 6.03. The van der Waals surface area contributed by atoms with E-state index in [2.05, 4.69) is 19.2 Å². The number of amides is 3. The minimum absolute atomic E-state index is 0.00838. The third kappa shape index (κ3) is 6.71. The number of likely N-dealkylation sites (tertiary alicyclic amines) is 1. The topological polar surface area (TPSA) is 66.5 Å². The zero-order chi connectivity index (χ0) is 17.4.